The van der Waals surface area contributed by atoms with Gasteiger partial charge in [-0.15, -0.1) is 0 Å². The third-order valence-electron chi connectivity index (χ3n) is 8.47. The van der Waals surface area contributed by atoms with Crippen LogP contribution in [0.5, 0.6) is 11.5 Å². The second-order valence-corrected chi connectivity index (χ2v) is 9.97. The number of benzene rings is 1. The Balaban J connectivity index is 1.53. The van der Waals surface area contributed by atoms with Gasteiger partial charge in [0.1, 0.15) is 6.04 Å². The average molecular weight is 459 g/mol. The number of Topliss-reactive ketones (excluding diaryl/α,β-unsaturated/α-hetero) is 1. The van der Waals surface area contributed by atoms with Crippen LogP contribution in [-0.4, -0.2) is 70.3 Å². The van der Waals surface area contributed by atoms with Crippen molar-refractivity contribution in [2.45, 2.75) is 75.2 Å². The fraction of sp³-hybridized carbons (Fsp3) is 0.625. The Morgan fingerprint density at radius 2 is 2.12 bits per heavy atom. The predicted octanol–water partition coefficient (Wildman–Crippen LogP) is 1.63. The first-order valence-corrected chi connectivity index (χ1v) is 11.6. The predicted molar refractivity (Wildman–Crippen MR) is 117 cm³/mol. The van der Waals surface area contributed by atoms with Crippen LogP contribution < -0.4 is 14.8 Å². The van der Waals surface area contributed by atoms with E-state index in [1.54, 1.807) is 13.0 Å². The first-order chi connectivity index (χ1) is 15.6. The lowest BCUT2D eigenvalue weighted by molar-refractivity contribution is -0.185. The molecule has 3 N–H and O–H groups in total. The average Bonchev–Trinajstić information content (AvgIpc) is 3.14. The number of carboxylic acid groups (broad SMARTS) is 1. The maximum absolute atomic E-state index is 13.0. The molecule has 1 aromatic rings. The van der Waals surface area contributed by atoms with Crippen molar-refractivity contribution in [3.05, 3.63) is 23.3 Å². The summed E-state index contributed by atoms with van der Waals surface area (Å²) in [6.07, 6.45) is 0.656. The Kier molecular flexibility index (Phi) is 4.99. The van der Waals surface area contributed by atoms with E-state index in [1.807, 2.05) is 20.0 Å². The fourth-order valence-electron chi connectivity index (χ4n) is 6.54. The van der Waals surface area contributed by atoms with E-state index in [9.17, 15) is 24.6 Å². The molecule has 1 unspecified atom stereocenters. The van der Waals surface area contributed by atoms with Gasteiger partial charge < -0.3 is 29.9 Å². The van der Waals surface area contributed by atoms with Crippen molar-refractivity contribution in [2.24, 2.45) is 5.92 Å². The molecule has 1 saturated carbocycles. The maximum atomic E-state index is 13.0. The highest BCUT2D eigenvalue weighted by atomic mass is 16.6. The number of amides is 1. The van der Waals surface area contributed by atoms with Crippen molar-refractivity contribution >= 4 is 17.8 Å². The SMILES string of the molecule is CC[C@@H](C)[C@@H](NC(=O)Oc1ccc2c3c1O[C@H]1C(=O)CC[C@@]4(O)[C@@H](C2)N(C)CCC314)C(=O)O. The van der Waals surface area contributed by atoms with Crippen molar-refractivity contribution in [3.63, 3.8) is 0 Å². The van der Waals surface area contributed by atoms with E-state index < -0.39 is 35.2 Å². The molecule has 6 atom stereocenters. The monoisotopic (exact) mass is 458 g/mol. The van der Waals surface area contributed by atoms with Gasteiger partial charge in [0.15, 0.2) is 23.4 Å². The van der Waals surface area contributed by atoms with Crippen molar-refractivity contribution in [1.82, 2.24) is 10.2 Å². The van der Waals surface area contributed by atoms with E-state index in [2.05, 4.69) is 10.2 Å². The van der Waals surface area contributed by atoms with Crippen LogP contribution in [0.1, 0.15) is 50.7 Å². The summed E-state index contributed by atoms with van der Waals surface area (Å²) < 4.78 is 11.7. The Morgan fingerprint density at radius 3 is 2.82 bits per heavy atom. The Labute approximate surface area is 192 Å². The minimum atomic E-state index is -1.13. The van der Waals surface area contributed by atoms with Gasteiger partial charge in [0.25, 0.3) is 0 Å². The highest BCUT2D eigenvalue weighted by Crippen LogP contribution is 2.64. The molecule has 2 fully saturated rings. The minimum Gasteiger partial charge on any atom is -0.480 e. The van der Waals surface area contributed by atoms with Gasteiger partial charge in [-0.1, -0.05) is 26.3 Å². The molecule has 0 radical (unpaired) electrons. The summed E-state index contributed by atoms with van der Waals surface area (Å²) in [7, 11) is 2.00. The van der Waals surface area contributed by atoms with E-state index in [0.717, 1.165) is 17.7 Å². The smallest absolute Gasteiger partial charge is 0.413 e. The lowest BCUT2D eigenvalue weighted by Gasteiger charge is -2.61. The molecule has 2 aliphatic carbocycles. The lowest BCUT2D eigenvalue weighted by Crippen LogP contribution is -2.76. The molecule has 1 saturated heterocycles. The normalized spacial score (nSPS) is 33.5. The molecule has 9 nitrogen and oxygen atoms in total. The van der Waals surface area contributed by atoms with Gasteiger partial charge in [-0.25, -0.2) is 9.59 Å². The van der Waals surface area contributed by atoms with Crippen molar-refractivity contribution in [3.8, 4) is 11.5 Å². The molecule has 9 heteroatoms. The maximum Gasteiger partial charge on any atom is 0.413 e. The number of piperidine rings is 1. The Hall–Kier alpha value is -2.65. The molecule has 1 aromatic carbocycles. The number of hydrogen-bond acceptors (Lipinski definition) is 7. The summed E-state index contributed by atoms with van der Waals surface area (Å²) in [5.41, 5.74) is -0.213. The van der Waals surface area contributed by atoms with Crippen molar-refractivity contribution in [1.29, 1.82) is 0 Å². The first-order valence-electron chi connectivity index (χ1n) is 11.6. The molecular formula is C24H30N2O7. The van der Waals surface area contributed by atoms with Gasteiger partial charge >= 0.3 is 12.1 Å². The van der Waals surface area contributed by atoms with Gasteiger partial charge in [-0.3, -0.25) is 4.79 Å². The molecule has 1 spiro atoms. The number of ether oxygens (including phenoxy) is 2. The standard InChI is InChI=1S/C24H30N2O7/c1-4-12(2)18(21(28)29)25-22(30)32-15-6-5-13-11-16-24(31)8-7-14(27)20-23(24,9-10-26(16)3)17(13)19(15)33-20/h5-6,12,16,18,20,31H,4,7-11H2,1-3H3,(H,25,30)(H,28,29)/t12-,16-,18-,20+,23?,24-/m1/s1. The van der Waals surface area contributed by atoms with E-state index in [4.69, 9.17) is 9.47 Å². The number of nitrogens with zero attached hydrogens (tertiary/aromatic N) is 1. The number of likely N-dealkylation sites (N-methyl/N-ethyl adjacent to an activating group) is 1. The van der Waals surface area contributed by atoms with Crippen LogP contribution in [0.15, 0.2) is 12.1 Å². The summed E-state index contributed by atoms with van der Waals surface area (Å²) in [6, 6.07) is 2.29. The summed E-state index contributed by atoms with van der Waals surface area (Å²) in [4.78, 5) is 39.4. The number of carbonyl (C=O) groups excluding carboxylic acids is 2. The zero-order valence-corrected chi connectivity index (χ0v) is 19.1. The second kappa shape index (κ2) is 7.43. The molecule has 2 heterocycles. The number of aliphatic hydroxyl groups is 1. The molecule has 4 aliphatic rings. The Morgan fingerprint density at radius 1 is 1.36 bits per heavy atom. The van der Waals surface area contributed by atoms with E-state index in [-0.39, 0.29) is 29.9 Å². The molecule has 5 rings (SSSR count). The van der Waals surface area contributed by atoms with Gasteiger partial charge in [0, 0.05) is 18.0 Å². The second-order valence-electron chi connectivity index (χ2n) is 9.97. The van der Waals surface area contributed by atoms with Gasteiger partial charge in [0.2, 0.25) is 0 Å². The molecule has 2 aliphatic heterocycles. The van der Waals surface area contributed by atoms with Gasteiger partial charge in [0.05, 0.1) is 11.0 Å². The molecule has 0 aromatic heterocycles. The van der Waals surface area contributed by atoms with E-state index in [0.29, 0.717) is 31.4 Å². The fourth-order valence-corrected chi connectivity index (χ4v) is 6.54. The highest BCUT2D eigenvalue weighted by Gasteiger charge is 2.72. The third-order valence-corrected chi connectivity index (χ3v) is 8.47. The number of carbonyl (C=O) groups is 3. The topological polar surface area (TPSA) is 125 Å². The summed E-state index contributed by atoms with van der Waals surface area (Å²) in [6.45, 7) is 4.31. The number of ketones is 1. The number of nitrogens with one attached hydrogen (secondary N) is 1. The minimum absolute atomic E-state index is 0.0508. The molecule has 33 heavy (non-hydrogen) atoms. The highest BCUT2D eigenvalue weighted by molar-refractivity contribution is 5.90. The van der Waals surface area contributed by atoms with Crippen molar-refractivity contribution < 1.29 is 34.1 Å². The first kappa shape index (κ1) is 22.2. The molecular weight excluding hydrogens is 428 g/mol. The van der Waals surface area contributed by atoms with Gasteiger partial charge in [-0.05, 0) is 50.4 Å². The van der Waals surface area contributed by atoms with Crippen LogP contribution in [0.3, 0.4) is 0 Å². The van der Waals surface area contributed by atoms with Crippen LogP contribution in [0, 0.1) is 5.92 Å². The number of aliphatic carboxylic acids is 1. The Bertz CT molecular complexity index is 1040. The van der Waals surface area contributed by atoms with E-state index >= 15 is 0 Å². The number of likely N-dealkylation sites (tertiary alicyclic amines) is 1. The van der Waals surface area contributed by atoms with Crippen molar-refractivity contribution in [2.75, 3.05) is 13.6 Å². The summed E-state index contributed by atoms with van der Waals surface area (Å²) in [5, 5.41) is 23.9. The summed E-state index contributed by atoms with van der Waals surface area (Å²) in [5.74, 6) is -1.01. The quantitative estimate of drug-likeness (QED) is 0.608. The van der Waals surface area contributed by atoms with Crippen LogP contribution in [0.25, 0.3) is 0 Å². The third kappa shape index (κ3) is 2.88. The van der Waals surface area contributed by atoms with Crippen LogP contribution in [0.4, 0.5) is 4.79 Å². The molecule has 178 valence electrons. The lowest BCUT2D eigenvalue weighted by atomic mass is 9.49. The van der Waals surface area contributed by atoms with Gasteiger partial charge in [-0.2, -0.15) is 0 Å². The zero-order valence-electron chi connectivity index (χ0n) is 19.1. The number of hydrogen-bond donors (Lipinski definition) is 3. The largest absolute Gasteiger partial charge is 0.480 e. The summed E-state index contributed by atoms with van der Waals surface area (Å²) >= 11 is 0. The van der Waals surface area contributed by atoms with Crippen LogP contribution in [0.2, 0.25) is 0 Å². The molecule has 2 bridgehead atoms. The van der Waals surface area contributed by atoms with Crippen LogP contribution >= 0.6 is 0 Å². The number of rotatable bonds is 5. The van der Waals surface area contributed by atoms with E-state index in [1.165, 1.54) is 0 Å². The molecule has 1 amide bonds. The van der Waals surface area contributed by atoms with Crippen LogP contribution in [-0.2, 0) is 21.4 Å². The number of carboxylic acids is 1. The zero-order chi connectivity index (χ0) is 23.7.